The van der Waals surface area contributed by atoms with E-state index in [2.05, 4.69) is 10.1 Å². The van der Waals surface area contributed by atoms with Gasteiger partial charge in [-0.15, -0.1) is 0 Å². The van der Waals surface area contributed by atoms with Gasteiger partial charge in [0.05, 0.1) is 11.9 Å². The van der Waals surface area contributed by atoms with E-state index in [1.807, 2.05) is 6.20 Å². The molecule has 0 saturated heterocycles. The first-order chi connectivity index (χ1) is 5.81. The molecule has 2 aromatic heterocycles. The van der Waals surface area contributed by atoms with E-state index >= 15 is 0 Å². The summed E-state index contributed by atoms with van der Waals surface area (Å²) in [6, 6.07) is 0. The van der Waals surface area contributed by atoms with Crippen molar-refractivity contribution in [2.75, 3.05) is 5.73 Å². The molecule has 0 aliphatic rings. The molecule has 4 N–H and O–H groups in total. The highest BCUT2D eigenvalue weighted by Gasteiger charge is 2.00. The average molecular weight is 163 g/mol. The van der Waals surface area contributed by atoms with Crippen LogP contribution in [-0.2, 0) is 6.54 Å². The second-order valence-electron chi connectivity index (χ2n) is 2.53. The molecular formula is C7H9N5. The minimum Gasteiger partial charge on any atom is -0.394 e. The highest BCUT2D eigenvalue weighted by molar-refractivity contribution is 5.62. The van der Waals surface area contributed by atoms with Gasteiger partial charge in [-0.05, 0) is 0 Å². The Morgan fingerprint density at radius 2 is 2.25 bits per heavy atom. The van der Waals surface area contributed by atoms with Crippen LogP contribution in [0.25, 0.3) is 5.65 Å². The third-order valence-electron chi connectivity index (χ3n) is 1.67. The van der Waals surface area contributed by atoms with E-state index in [0.717, 1.165) is 5.56 Å². The van der Waals surface area contributed by atoms with Crippen molar-refractivity contribution in [2.45, 2.75) is 6.54 Å². The smallest absolute Gasteiger partial charge is 0.178 e. The maximum absolute atomic E-state index is 5.59. The van der Waals surface area contributed by atoms with Crippen molar-refractivity contribution in [1.82, 2.24) is 14.6 Å². The van der Waals surface area contributed by atoms with Crippen LogP contribution < -0.4 is 11.5 Å². The van der Waals surface area contributed by atoms with Gasteiger partial charge < -0.3 is 11.5 Å². The topological polar surface area (TPSA) is 82.2 Å². The molecule has 0 bridgehead atoms. The van der Waals surface area contributed by atoms with E-state index in [1.165, 1.54) is 0 Å². The molecular weight excluding hydrogens is 154 g/mol. The lowest BCUT2D eigenvalue weighted by atomic mass is 10.3. The van der Waals surface area contributed by atoms with Crippen molar-refractivity contribution in [1.29, 1.82) is 0 Å². The number of hydrogen-bond acceptors (Lipinski definition) is 4. The van der Waals surface area contributed by atoms with Gasteiger partial charge in [-0.3, -0.25) is 0 Å². The monoisotopic (exact) mass is 163 g/mol. The predicted molar refractivity (Wildman–Crippen MR) is 45.3 cm³/mol. The first-order valence-electron chi connectivity index (χ1n) is 3.59. The molecule has 0 aromatic carbocycles. The van der Waals surface area contributed by atoms with E-state index < -0.39 is 0 Å². The molecule has 0 spiro atoms. The third-order valence-corrected chi connectivity index (χ3v) is 1.67. The van der Waals surface area contributed by atoms with Crippen molar-refractivity contribution in [2.24, 2.45) is 5.73 Å². The summed E-state index contributed by atoms with van der Waals surface area (Å²) in [5, 5.41) is 4.00. The molecule has 62 valence electrons. The summed E-state index contributed by atoms with van der Waals surface area (Å²) >= 11 is 0. The second kappa shape index (κ2) is 2.46. The number of rotatable bonds is 1. The van der Waals surface area contributed by atoms with Crippen LogP contribution in [0.5, 0.6) is 0 Å². The Hall–Kier alpha value is -1.62. The summed E-state index contributed by atoms with van der Waals surface area (Å²) in [4.78, 5) is 4.11. The first-order valence-corrected chi connectivity index (χ1v) is 3.59. The molecule has 0 atom stereocenters. The predicted octanol–water partition coefficient (Wildman–Crippen LogP) is -0.230. The van der Waals surface area contributed by atoms with Gasteiger partial charge in [0.25, 0.3) is 0 Å². The Labute approximate surface area is 69.0 Å². The van der Waals surface area contributed by atoms with Crippen molar-refractivity contribution in [3.8, 4) is 0 Å². The summed E-state index contributed by atoms with van der Waals surface area (Å²) in [5.74, 6) is 0. The Morgan fingerprint density at radius 3 is 3.00 bits per heavy atom. The molecule has 0 aliphatic heterocycles. The number of nitrogen functional groups attached to an aromatic ring is 1. The van der Waals surface area contributed by atoms with Crippen molar-refractivity contribution in [3.05, 3.63) is 24.2 Å². The van der Waals surface area contributed by atoms with Gasteiger partial charge in [0.2, 0.25) is 0 Å². The molecule has 2 heterocycles. The maximum atomic E-state index is 5.59. The van der Waals surface area contributed by atoms with Crippen LogP contribution in [0, 0.1) is 0 Å². The number of aromatic nitrogens is 3. The summed E-state index contributed by atoms with van der Waals surface area (Å²) < 4.78 is 1.62. The zero-order chi connectivity index (χ0) is 8.55. The summed E-state index contributed by atoms with van der Waals surface area (Å²) in [6.45, 7) is 0.461. The zero-order valence-electron chi connectivity index (χ0n) is 6.44. The SMILES string of the molecule is NCc1cnc2c(N)cnn2c1. The third kappa shape index (κ3) is 0.911. The Balaban J connectivity index is 2.69. The van der Waals surface area contributed by atoms with Crippen molar-refractivity contribution in [3.63, 3.8) is 0 Å². The molecule has 5 nitrogen and oxygen atoms in total. The fraction of sp³-hybridized carbons (Fsp3) is 0.143. The van der Waals surface area contributed by atoms with Crippen LogP contribution in [0.1, 0.15) is 5.56 Å². The van der Waals surface area contributed by atoms with E-state index in [0.29, 0.717) is 17.9 Å². The number of nitrogens with two attached hydrogens (primary N) is 2. The van der Waals surface area contributed by atoms with Crippen LogP contribution >= 0.6 is 0 Å². The number of anilines is 1. The molecule has 0 aliphatic carbocycles. The van der Waals surface area contributed by atoms with Crippen LogP contribution in [0.4, 0.5) is 5.69 Å². The summed E-state index contributed by atoms with van der Waals surface area (Å²) in [6.07, 6.45) is 5.09. The fourth-order valence-electron chi connectivity index (χ4n) is 1.04. The Morgan fingerprint density at radius 1 is 1.42 bits per heavy atom. The highest BCUT2D eigenvalue weighted by atomic mass is 15.2. The quantitative estimate of drug-likeness (QED) is 0.608. The standard InChI is InChI=1S/C7H9N5/c8-1-5-2-10-7-6(9)3-11-12(7)4-5/h2-4H,1,8-9H2. The lowest BCUT2D eigenvalue weighted by Gasteiger charge is -1.96. The molecule has 0 fully saturated rings. The fourth-order valence-corrected chi connectivity index (χ4v) is 1.04. The van der Waals surface area contributed by atoms with E-state index in [-0.39, 0.29) is 0 Å². The lowest BCUT2D eigenvalue weighted by Crippen LogP contribution is -2.00. The van der Waals surface area contributed by atoms with Crippen LogP contribution in [0.15, 0.2) is 18.6 Å². The Kier molecular flexibility index (Phi) is 1.44. The molecule has 0 unspecified atom stereocenters. The van der Waals surface area contributed by atoms with E-state index in [4.69, 9.17) is 11.5 Å². The largest absolute Gasteiger partial charge is 0.394 e. The molecule has 0 radical (unpaired) electrons. The second-order valence-corrected chi connectivity index (χ2v) is 2.53. The van der Waals surface area contributed by atoms with Crippen molar-refractivity contribution < 1.29 is 0 Å². The van der Waals surface area contributed by atoms with Gasteiger partial charge in [-0.1, -0.05) is 0 Å². The lowest BCUT2D eigenvalue weighted by molar-refractivity contribution is 0.902. The molecule has 12 heavy (non-hydrogen) atoms. The first kappa shape index (κ1) is 7.05. The van der Waals surface area contributed by atoms with Gasteiger partial charge in [-0.2, -0.15) is 5.10 Å². The highest BCUT2D eigenvalue weighted by Crippen LogP contribution is 2.09. The van der Waals surface area contributed by atoms with Gasteiger partial charge in [0, 0.05) is 24.5 Å². The molecule has 5 heteroatoms. The number of hydrogen-bond donors (Lipinski definition) is 2. The summed E-state index contributed by atoms with van der Waals surface area (Å²) in [7, 11) is 0. The van der Waals surface area contributed by atoms with Crippen LogP contribution in [0.3, 0.4) is 0 Å². The maximum Gasteiger partial charge on any atom is 0.178 e. The zero-order valence-corrected chi connectivity index (χ0v) is 6.44. The Bertz CT molecular complexity index is 405. The minimum atomic E-state index is 0.461. The van der Waals surface area contributed by atoms with Gasteiger partial charge in [0.15, 0.2) is 5.65 Å². The van der Waals surface area contributed by atoms with E-state index in [1.54, 1.807) is 16.9 Å². The summed E-state index contributed by atoms with van der Waals surface area (Å²) in [5.41, 5.74) is 13.2. The van der Waals surface area contributed by atoms with Crippen LogP contribution in [-0.4, -0.2) is 14.6 Å². The average Bonchev–Trinajstić information content (AvgIpc) is 2.47. The number of fused-ring (bicyclic) bond motifs is 1. The van der Waals surface area contributed by atoms with Gasteiger partial charge in [-0.25, -0.2) is 9.50 Å². The van der Waals surface area contributed by atoms with Gasteiger partial charge >= 0.3 is 0 Å². The van der Waals surface area contributed by atoms with Crippen molar-refractivity contribution >= 4 is 11.3 Å². The molecule has 2 aromatic rings. The normalized spacial score (nSPS) is 10.8. The molecule has 2 rings (SSSR count). The van der Waals surface area contributed by atoms with Crippen LogP contribution in [0.2, 0.25) is 0 Å². The molecule has 0 saturated carbocycles. The molecule has 0 amide bonds. The van der Waals surface area contributed by atoms with E-state index in [9.17, 15) is 0 Å². The number of nitrogens with zero attached hydrogens (tertiary/aromatic N) is 3. The van der Waals surface area contributed by atoms with Gasteiger partial charge in [0.1, 0.15) is 0 Å². The minimum absolute atomic E-state index is 0.461.